The van der Waals surface area contributed by atoms with Gasteiger partial charge in [-0.25, -0.2) is 4.79 Å². The number of fused-ring (bicyclic) bond motifs is 1. The first-order chi connectivity index (χ1) is 9.91. The zero-order chi connectivity index (χ0) is 15.1. The molecule has 2 fully saturated rings. The summed E-state index contributed by atoms with van der Waals surface area (Å²) in [4.78, 5) is 18.4. The van der Waals surface area contributed by atoms with E-state index in [0.29, 0.717) is 19.7 Å². The van der Waals surface area contributed by atoms with Gasteiger partial charge in [-0.3, -0.25) is 4.98 Å². The Kier molecular flexibility index (Phi) is 3.40. The maximum atomic E-state index is 12.2. The lowest BCUT2D eigenvalue weighted by Gasteiger charge is -2.54. The molecule has 0 bridgehead atoms. The van der Waals surface area contributed by atoms with E-state index in [1.54, 1.807) is 4.90 Å². The Morgan fingerprint density at radius 2 is 2.29 bits per heavy atom. The van der Waals surface area contributed by atoms with E-state index in [4.69, 9.17) is 9.47 Å². The van der Waals surface area contributed by atoms with E-state index >= 15 is 0 Å². The van der Waals surface area contributed by atoms with Crippen molar-refractivity contribution >= 4 is 6.09 Å². The van der Waals surface area contributed by atoms with Crippen LogP contribution in [0.25, 0.3) is 0 Å². The summed E-state index contributed by atoms with van der Waals surface area (Å²) in [6, 6.07) is 5.98. The third-order valence-corrected chi connectivity index (χ3v) is 4.20. The van der Waals surface area contributed by atoms with Crippen molar-refractivity contribution in [2.45, 2.75) is 44.3 Å². The van der Waals surface area contributed by atoms with E-state index in [1.165, 1.54) is 0 Å². The van der Waals surface area contributed by atoms with Crippen LogP contribution in [0.2, 0.25) is 0 Å². The molecule has 1 aromatic heterocycles. The maximum Gasteiger partial charge on any atom is 0.410 e. The van der Waals surface area contributed by atoms with Gasteiger partial charge in [0.2, 0.25) is 0 Å². The Morgan fingerprint density at radius 1 is 1.48 bits per heavy atom. The highest BCUT2D eigenvalue weighted by Gasteiger charge is 2.54. The predicted octanol–water partition coefficient (Wildman–Crippen LogP) is 2.36. The predicted molar refractivity (Wildman–Crippen MR) is 78.1 cm³/mol. The van der Waals surface area contributed by atoms with E-state index in [0.717, 1.165) is 12.1 Å². The Labute approximate surface area is 125 Å². The van der Waals surface area contributed by atoms with Gasteiger partial charge in [0, 0.05) is 12.7 Å². The van der Waals surface area contributed by atoms with Crippen molar-refractivity contribution in [2.75, 3.05) is 19.7 Å². The number of hydrogen-bond acceptors (Lipinski definition) is 4. The molecule has 2 saturated heterocycles. The highest BCUT2D eigenvalue weighted by Crippen LogP contribution is 2.43. The number of ether oxygens (including phenoxy) is 2. The highest BCUT2D eigenvalue weighted by molar-refractivity contribution is 5.68. The van der Waals surface area contributed by atoms with Crippen LogP contribution in [0, 0.1) is 0 Å². The summed E-state index contributed by atoms with van der Waals surface area (Å²) in [6.07, 6.45) is 2.45. The van der Waals surface area contributed by atoms with Crippen LogP contribution in [0.1, 0.15) is 32.9 Å². The number of amides is 1. The standard InChI is InChI=1S/C16H22N2O3/c1-15(2,3)21-14(19)18-9-7-16(11-20-13(16)10-18)12-6-4-5-8-17-12/h4-6,8,13H,7,9-11H2,1-3H3. The molecule has 3 rings (SSSR count). The fraction of sp³-hybridized carbons (Fsp3) is 0.625. The monoisotopic (exact) mass is 290 g/mol. The molecule has 0 spiro atoms. The number of rotatable bonds is 1. The van der Waals surface area contributed by atoms with Gasteiger partial charge in [-0.2, -0.15) is 0 Å². The summed E-state index contributed by atoms with van der Waals surface area (Å²) >= 11 is 0. The number of hydrogen-bond donors (Lipinski definition) is 0. The fourth-order valence-corrected chi connectivity index (χ4v) is 3.01. The number of carbonyl (C=O) groups excluding carboxylic acids is 1. The lowest BCUT2D eigenvalue weighted by molar-refractivity contribution is -0.172. The van der Waals surface area contributed by atoms with E-state index in [2.05, 4.69) is 11.1 Å². The van der Waals surface area contributed by atoms with Gasteiger partial charge in [0.05, 0.1) is 30.4 Å². The Balaban J connectivity index is 1.70. The normalized spacial score (nSPS) is 28.5. The number of aromatic nitrogens is 1. The van der Waals surface area contributed by atoms with Crippen LogP contribution in [-0.2, 0) is 14.9 Å². The first kappa shape index (κ1) is 14.3. The minimum Gasteiger partial charge on any atom is -0.444 e. The van der Waals surface area contributed by atoms with Crippen LogP contribution >= 0.6 is 0 Å². The van der Waals surface area contributed by atoms with Crippen molar-refractivity contribution in [3.63, 3.8) is 0 Å². The molecule has 2 unspecified atom stereocenters. The van der Waals surface area contributed by atoms with E-state index in [9.17, 15) is 4.79 Å². The van der Waals surface area contributed by atoms with Crippen molar-refractivity contribution in [3.8, 4) is 0 Å². The minimum absolute atomic E-state index is 0.0219. The minimum atomic E-state index is -0.465. The van der Waals surface area contributed by atoms with Crippen molar-refractivity contribution in [3.05, 3.63) is 30.1 Å². The molecule has 1 aromatic rings. The average Bonchev–Trinajstić information content (AvgIpc) is 2.39. The summed E-state index contributed by atoms with van der Waals surface area (Å²) in [5.74, 6) is 0. The maximum absolute atomic E-state index is 12.2. The molecule has 0 aliphatic carbocycles. The molecule has 3 heterocycles. The number of pyridine rings is 1. The lowest BCUT2D eigenvalue weighted by atomic mass is 9.70. The summed E-state index contributed by atoms with van der Waals surface area (Å²) in [7, 11) is 0. The molecule has 21 heavy (non-hydrogen) atoms. The summed E-state index contributed by atoms with van der Waals surface area (Å²) in [5.41, 5.74) is 0.581. The smallest absolute Gasteiger partial charge is 0.410 e. The van der Waals surface area contributed by atoms with Crippen LogP contribution in [0.4, 0.5) is 4.79 Å². The Morgan fingerprint density at radius 3 is 2.81 bits per heavy atom. The highest BCUT2D eigenvalue weighted by atomic mass is 16.6. The van der Waals surface area contributed by atoms with Crippen molar-refractivity contribution in [1.82, 2.24) is 9.88 Å². The molecular formula is C16H22N2O3. The van der Waals surface area contributed by atoms with Crippen LogP contribution in [0.5, 0.6) is 0 Å². The van der Waals surface area contributed by atoms with Crippen LogP contribution in [0.3, 0.4) is 0 Å². The fourth-order valence-electron chi connectivity index (χ4n) is 3.01. The van der Waals surface area contributed by atoms with Gasteiger partial charge in [0.15, 0.2) is 0 Å². The molecule has 2 aliphatic heterocycles. The number of carbonyl (C=O) groups is 1. The van der Waals surface area contributed by atoms with Gasteiger partial charge >= 0.3 is 6.09 Å². The van der Waals surface area contributed by atoms with Crippen LogP contribution in [-0.4, -0.2) is 47.4 Å². The second-order valence-electron chi connectivity index (χ2n) is 6.85. The van der Waals surface area contributed by atoms with E-state index in [-0.39, 0.29) is 17.6 Å². The van der Waals surface area contributed by atoms with E-state index < -0.39 is 5.60 Å². The second kappa shape index (κ2) is 4.98. The quantitative estimate of drug-likeness (QED) is 0.796. The molecule has 0 aromatic carbocycles. The topological polar surface area (TPSA) is 51.7 Å². The molecule has 2 aliphatic rings. The zero-order valence-corrected chi connectivity index (χ0v) is 12.8. The molecule has 5 heteroatoms. The largest absolute Gasteiger partial charge is 0.444 e. The third kappa shape index (κ3) is 2.62. The number of likely N-dealkylation sites (tertiary alicyclic amines) is 1. The molecule has 2 atom stereocenters. The summed E-state index contributed by atoms with van der Waals surface area (Å²) < 4.78 is 11.2. The zero-order valence-electron chi connectivity index (χ0n) is 12.8. The second-order valence-corrected chi connectivity index (χ2v) is 6.85. The summed E-state index contributed by atoms with van der Waals surface area (Å²) in [5, 5.41) is 0. The first-order valence-corrected chi connectivity index (χ1v) is 7.42. The first-order valence-electron chi connectivity index (χ1n) is 7.42. The van der Waals surface area contributed by atoms with Gasteiger partial charge in [0.25, 0.3) is 0 Å². The Bertz CT molecular complexity index is 526. The van der Waals surface area contributed by atoms with Crippen molar-refractivity contribution in [1.29, 1.82) is 0 Å². The molecule has 0 radical (unpaired) electrons. The summed E-state index contributed by atoms with van der Waals surface area (Å²) in [6.45, 7) is 7.60. The number of piperidine rings is 1. The van der Waals surface area contributed by atoms with Crippen LogP contribution in [0.15, 0.2) is 24.4 Å². The van der Waals surface area contributed by atoms with Crippen molar-refractivity contribution < 1.29 is 14.3 Å². The van der Waals surface area contributed by atoms with Crippen LogP contribution < -0.4 is 0 Å². The molecule has 114 valence electrons. The van der Waals surface area contributed by atoms with Gasteiger partial charge in [-0.15, -0.1) is 0 Å². The molecular weight excluding hydrogens is 268 g/mol. The number of nitrogens with zero attached hydrogens (tertiary/aromatic N) is 2. The Hall–Kier alpha value is -1.62. The van der Waals surface area contributed by atoms with Crippen molar-refractivity contribution in [2.24, 2.45) is 0 Å². The molecule has 0 saturated carbocycles. The van der Waals surface area contributed by atoms with Gasteiger partial charge < -0.3 is 14.4 Å². The lowest BCUT2D eigenvalue weighted by Crippen LogP contribution is -2.65. The van der Waals surface area contributed by atoms with E-state index in [1.807, 2.05) is 39.1 Å². The third-order valence-electron chi connectivity index (χ3n) is 4.20. The molecule has 1 amide bonds. The molecule has 0 N–H and O–H groups in total. The van der Waals surface area contributed by atoms with Gasteiger partial charge in [-0.1, -0.05) is 6.07 Å². The molecule has 5 nitrogen and oxygen atoms in total. The average molecular weight is 290 g/mol. The van der Waals surface area contributed by atoms with Gasteiger partial charge in [-0.05, 0) is 39.3 Å². The van der Waals surface area contributed by atoms with Gasteiger partial charge in [0.1, 0.15) is 5.60 Å². The SMILES string of the molecule is CC(C)(C)OC(=O)N1CCC2(c3ccccn3)COC2C1.